The monoisotopic (exact) mass is 246 g/mol. The van der Waals surface area contributed by atoms with Gasteiger partial charge in [-0.15, -0.1) is 0 Å². The van der Waals surface area contributed by atoms with Crippen LogP contribution in [0.15, 0.2) is 18.2 Å². The minimum Gasteiger partial charge on any atom is -0.312 e. The molecule has 1 aromatic heterocycles. The van der Waals surface area contributed by atoms with Crippen LogP contribution in [0.4, 0.5) is 0 Å². The largest absolute Gasteiger partial charge is 0.312 e. The minimum absolute atomic E-state index is 0.197. The third-order valence-electron chi connectivity index (χ3n) is 3.64. The Bertz CT molecular complexity index is 373. The summed E-state index contributed by atoms with van der Waals surface area (Å²) in [7, 11) is 0. The molecule has 1 heterocycles. The summed E-state index contributed by atoms with van der Waals surface area (Å²) in [5, 5.41) is 3.52. The maximum Gasteiger partial charge on any atom is 0.0437 e. The van der Waals surface area contributed by atoms with Crippen LogP contribution in [0, 0.1) is 0 Å². The molecule has 2 heteroatoms. The molecule has 0 radical (unpaired) electrons. The third-order valence-corrected chi connectivity index (χ3v) is 3.64. The van der Waals surface area contributed by atoms with Gasteiger partial charge in [0, 0.05) is 35.8 Å². The van der Waals surface area contributed by atoms with Crippen LogP contribution < -0.4 is 5.32 Å². The van der Waals surface area contributed by atoms with E-state index in [2.05, 4.69) is 44.3 Å². The summed E-state index contributed by atoms with van der Waals surface area (Å²) in [6.07, 6.45) is 6.44. The average Bonchev–Trinajstić information content (AvgIpc) is 2.81. The normalized spacial score (nSPS) is 17.3. The van der Waals surface area contributed by atoms with Crippen molar-refractivity contribution in [2.75, 3.05) is 6.54 Å². The van der Waals surface area contributed by atoms with E-state index in [0.717, 1.165) is 18.9 Å². The number of nitrogens with zero attached hydrogens (tertiary/aromatic N) is 1. The van der Waals surface area contributed by atoms with Crippen LogP contribution in [0.1, 0.15) is 63.8 Å². The second kappa shape index (κ2) is 5.83. The van der Waals surface area contributed by atoms with E-state index in [9.17, 15) is 0 Å². The first kappa shape index (κ1) is 13.5. The van der Waals surface area contributed by atoms with Crippen LogP contribution in [0.5, 0.6) is 0 Å². The molecular weight excluding hydrogens is 220 g/mol. The zero-order valence-electron chi connectivity index (χ0n) is 12.0. The van der Waals surface area contributed by atoms with Gasteiger partial charge in [0.25, 0.3) is 0 Å². The Hall–Kier alpha value is -0.890. The molecule has 1 saturated carbocycles. The Morgan fingerprint density at radius 1 is 1.22 bits per heavy atom. The lowest BCUT2D eigenvalue weighted by molar-refractivity contribution is 0.428. The summed E-state index contributed by atoms with van der Waals surface area (Å²) < 4.78 is 0. The van der Waals surface area contributed by atoms with E-state index in [4.69, 9.17) is 4.98 Å². The van der Waals surface area contributed by atoms with Crippen LogP contribution in [0.2, 0.25) is 0 Å². The second-order valence-corrected chi connectivity index (χ2v) is 6.46. The fraction of sp³-hybridized carbons (Fsp3) is 0.688. The fourth-order valence-corrected chi connectivity index (χ4v) is 2.65. The van der Waals surface area contributed by atoms with Gasteiger partial charge in [-0.25, -0.2) is 0 Å². The van der Waals surface area contributed by atoms with Gasteiger partial charge in [0.2, 0.25) is 0 Å². The van der Waals surface area contributed by atoms with E-state index in [-0.39, 0.29) is 5.54 Å². The Morgan fingerprint density at radius 3 is 2.61 bits per heavy atom. The van der Waals surface area contributed by atoms with E-state index in [1.165, 1.54) is 37.1 Å². The quantitative estimate of drug-likeness (QED) is 0.877. The molecule has 1 aliphatic rings. The summed E-state index contributed by atoms with van der Waals surface area (Å²) in [6.45, 7) is 7.62. The van der Waals surface area contributed by atoms with Gasteiger partial charge in [-0.2, -0.15) is 0 Å². The third kappa shape index (κ3) is 4.09. The van der Waals surface area contributed by atoms with E-state index in [1.807, 2.05) is 0 Å². The van der Waals surface area contributed by atoms with E-state index in [1.54, 1.807) is 0 Å². The molecule has 0 unspecified atom stereocenters. The van der Waals surface area contributed by atoms with Crippen molar-refractivity contribution in [1.82, 2.24) is 10.3 Å². The molecule has 0 bridgehead atoms. The molecular formula is C16H26N2. The average molecular weight is 246 g/mol. The molecule has 18 heavy (non-hydrogen) atoms. The fourth-order valence-electron chi connectivity index (χ4n) is 2.65. The minimum atomic E-state index is 0.197. The molecule has 1 aliphatic carbocycles. The lowest BCUT2D eigenvalue weighted by Crippen LogP contribution is -2.37. The Kier molecular flexibility index (Phi) is 4.39. The number of hydrogen-bond donors (Lipinski definition) is 1. The van der Waals surface area contributed by atoms with Crippen molar-refractivity contribution < 1.29 is 0 Å². The van der Waals surface area contributed by atoms with Gasteiger partial charge in [-0.3, -0.25) is 4.98 Å². The molecule has 0 amide bonds. The summed E-state index contributed by atoms with van der Waals surface area (Å²) in [5.41, 5.74) is 2.75. The van der Waals surface area contributed by atoms with Gasteiger partial charge >= 0.3 is 0 Å². The van der Waals surface area contributed by atoms with Crippen LogP contribution in [0.3, 0.4) is 0 Å². The predicted octanol–water partition coefficient (Wildman–Crippen LogP) is 3.67. The maximum atomic E-state index is 4.83. The summed E-state index contributed by atoms with van der Waals surface area (Å²) in [4.78, 5) is 4.83. The number of rotatable bonds is 4. The van der Waals surface area contributed by atoms with Gasteiger partial charge in [0.15, 0.2) is 0 Å². The van der Waals surface area contributed by atoms with Crippen molar-refractivity contribution >= 4 is 0 Å². The van der Waals surface area contributed by atoms with Crippen molar-refractivity contribution in [3.05, 3.63) is 29.6 Å². The van der Waals surface area contributed by atoms with Crippen molar-refractivity contribution in [3.63, 3.8) is 0 Å². The van der Waals surface area contributed by atoms with Crippen LogP contribution >= 0.6 is 0 Å². The molecule has 1 aromatic rings. The highest BCUT2D eigenvalue weighted by atomic mass is 14.9. The molecule has 0 atom stereocenters. The van der Waals surface area contributed by atoms with Crippen LogP contribution in [-0.4, -0.2) is 17.1 Å². The van der Waals surface area contributed by atoms with E-state index < -0.39 is 0 Å². The van der Waals surface area contributed by atoms with Crippen molar-refractivity contribution in [2.45, 2.75) is 64.3 Å². The first-order chi connectivity index (χ1) is 8.54. The summed E-state index contributed by atoms with van der Waals surface area (Å²) in [5.74, 6) is 0.723. The Morgan fingerprint density at radius 2 is 1.94 bits per heavy atom. The van der Waals surface area contributed by atoms with Gasteiger partial charge < -0.3 is 5.32 Å². The molecule has 1 N–H and O–H groups in total. The van der Waals surface area contributed by atoms with Crippen molar-refractivity contribution in [1.29, 1.82) is 0 Å². The second-order valence-electron chi connectivity index (χ2n) is 6.46. The van der Waals surface area contributed by atoms with E-state index in [0.29, 0.717) is 0 Å². The zero-order chi connectivity index (χ0) is 13.0. The van der Waals surface area contributed by atoms with Gasteiger partial charge in [-0.1, -0.05) is 18.9 Å². The molecule has 2 nitrogen and oxygen atoms in total. The highest BCUT2D eigenvalue weighted by Crippen LogP contribution is 2.32. The molecule has 0 aromatic carbocycles. The smallest absolute Gasteiger partial charge is 0.0437 e. The number of nitrogens with one attached hydrogen (secondary N) is 1. The molecule has 0 spiro atoms. The van der Waals surface area contributed by atoms with Gasteiger partial charge in [0.05, 0.1) is 0 Å². The Balaban J connectivity index is 1.91. The number of aromatic nitrogens is 1. The Labute approximate surface area is 111 Å². The number of pyridine rings is 1. The molecule has 2 rings (SSSR count). The zero-order valence-corrected chi connectivity index (χ0v) is 12.0. The number of hydrogen-bond acceptors (Lipinski definition) is 2. The van der Waals surface area contributed by atoms with Gasteiger partial charge in [-0.05, 0) is 45.7 Å². The highest BCUT2D eigenvalue weighted by molar-refractivity contribution is 5.16. The first-order valence-electron chi connectivity index (χ1n) is 7.25. The maximum absolute atomic E-state index is 4.83. The van der Waals surface area contributed by atoms with Gasteiger partial charge in [0.1, 0.15) is 0 Å². The molecule has 0 aliphatic heterocycles. The lowest BCUT2D eigenvalue weighted by Gasteiger charge is -2.20. The SMILES string of the molecule is CC(C)(C)NCCc1cccc(C2CCCC2)n1. The standard InChI is InChI=1S/C16H26N2/c1-16(2,3)17-12-11-14-9-6-10-15(18-14)13-7-4-5-8-13/h6,9-10,13,17H,4-5,7-8,11-12H2,1-3H3. The molecule has 0 saturated heterocycles. The summed E-state index contributed by atoms with van der Waals surface area (Å²) >= 11 is 0. The molecule has 1 fully saturated rings. The predicted molar refractivity (Wildman–Crippen MR) is 76.9 cm³/mol. The molecule has 100 valence electrons. The first-order valence-corrected chi connectivity index (χ1v) is 7.25. The van der Waals surface area contributed by atoms with Crippen LogP contribution in [0.25, 0.3) is 0 Å². The highest BCUT2D eigenvalue weighted by Gasteiger charge is 2.18. The van der Waals surface area contributed by atoms with E-state index >= 15 is 0 Å². The van der Waals surface area contributed by atoms with Crippen molar-refractivity contribution in [3.8, 4) is 0 Å². The summed E-state index contributed by atoms with van der Waals surface area (Å²) in [6, 6.07) is 6.53. The van der Waals surface area contributed by atoms with Crippen LogP contribution in [-0.2, 0) is 6.42 Å². The van der Waals surface area contributed by atoms with Crippen molar-refractivity contribution in [2.24, 2.45) is 0 Å². The topological polar surface area (TPSA) is 24.9 Å². The lowest BCUT2D eigenvalue weighted by atomic mass is 10.0.